The van der Waals surface area contributed by atoms with Crippen LogP contribution < -0.4 is 4.90 Å². The Balaban J connectivity index is 1.59. The quantitative estimate of drug-likeness (QED) is 0.652. The summed E-state index contributed by atoms with van der Waals surface area (Å²) >= 11 is 1.80. The largest absolute Gasteiger partial charge is 0.437 e. The zero-order chi connectivity index (χ0) is 16.4. The van der Waals surface area contributed by atoms with Gasteiger partial charge in [-0.2, -0.15) is 0 Å². The molecule has 2 aromatic carbocycles. The minimum Gasteiger partial charge on any atom is -0.437 e. The first-order chi connectivity index (χ1) is 11.8. The molecule has 1 aliphatic heterocycles. The molecule has 0 bridgehead atoms. The number of amides is 1. The Hall–Kier alpha value is -2.53. The Bertz CT molecular complexity index is 883. The number of thioether (sulfide) groups is 1. The normalized spacial score (nSPS) is 14.8. The number of benzene rings is 2. The molecule has 0 radical (unpaired) electrons. The zero-order valence-electron chi connectivity index (χ0n) is 13.0. The topological polar surface area (TPSA) is 46.3 Å². The second-order valence-electron chi connectivity index (χ2n) is 5.51. The number of nitrogens with zero attached hydrogens (tertiary/aromatic N) is 2. The summed E-state index contributed by atoms with van der Waals surface area (Å²) in [6.45, 7) is 0.723. The molecule has 3 aromatic rings. The number of oxazole rings is 1. The maximum Gasteiger partial charge on any atom is 0.251 e. The summed E-state index contributed by atoms with van der Waals surface area (Å²) in [6.07, 6.45) is 4.16. The molecule has 2 heterocycles. The Morgan fingerprint density at radius 3 is 2.92 bits per heavy atom. The van der Waals surface area contributed by atoms with Gasteiger partial charge in [0.15, 0.2) is 5.58 Å². The van der Waals surface area contributed by atoms with Crippen molar-refractivity contribution in [1.29, 1.82) is 0 Å². The van der Waals surface area contributed by atoms with Crippen LogP contribution in [0.1, 0.15) is 12.3 Å². The fraction of sp³-hybridized carbons (Fsp3) is 0.158. The van der Waals surface area contributed by atoms with Crippen molar-refractivity contribution in [3.63, 3.8) is 0 Å². The Morgan fingerprint density at radius 2 is 2.00 bits per heavy atom. The van der Waals surface area contributed by atoms with E-state index in [2.05, 4.69) is 11.1 Å². The molecule has 1 aromatic heterocycles. The molecule has 5 heteroatoms. The maximum absolute atomic E-state index is 12.7. The van der Waals surface area contributed by atoms with E-state index in [1.54, 1.807) is 17.8 Å². The molecule has 0 aliphatic carbocycles. The molecule has 0 spiro atoms. The molecule has 0 saturated carbocycles. The lowest BCUT2D eigenvalue weighted by molar-refractivity contribution is -0.114. The van der Waals surface area contributed by atoms with Crippen molar-refractivity contribution in [2.75, 3.05) is 17.2 Å². The van der Waals surface area contributed by atoms with Crippen molar-refractivity contribution in [2.24, 2.45) is 0 Å². The third-order valence-electron chi connectivity index (χ3n) is 3.88. The van der Waals surface area contributed by atoms with Gasteiger partial charge in [0.1, 0.15) is 5.52 Å². The van der Waals surface area contributed by atoms with Crippen LogP contribution in [0.2, 0.25) is 0 Å². The van der Waals surface area contributed by atoms with E-state index in [1.165, 1.54) is 6.08 Å². The number of anilines is 1. The lowest BCUT2D eigenvalue weighted by Crippen LogP contribution is -2.30. The van der Waals surface area contributed by atoms with Gasteiger partial charge in [0.25, 0.3) is 5.91 Å². The molecule has 4 nitrogen and oxygen atoms in total. The van der Waals surface area contributed by atoms with Gasteiger partial charge in [-0.1, -0.05) is 24.3 Å². The lowest BCUT2D eigenvalue weighted by atomic mass is 10.2. The maximum atomic E-state index is 12.7. The average molecular weight is 336 g/mol. The van der Waals surface area contributed by atoms with Gasteiger partial charge >= 0.3 is 0 Å². The van der Waals surface area contributed by atoms with Crippen LogP contribution in [0.3, 0.4) is 0 Å². The molecule has 1 amide bonds. The van der Waals surface area contributed by atoms with Crippen molar-refractivity contribution in [1.82, 2.24) is 4.98 Å². The van der Waals surface area contributed by atoms with Gasteiger partial charge in [-0.25, -0.2) is 4.98 Å². The number of rotatable bonds is 2. The second-order valence-corrected chi connectivity index (χ2v) is 6.65. The number of fused-ring (bicyclic) bond motifs is 2. The minimum atomic E-state index is -0.0489. The standard InChI is InChI=1S/C19H16N2O2S/c22-19(11-10-18-20-14-6-1-3-8-16(14)23-18)21-12-5-13-24-17-9-4-2-7-15(17)21/h1-4,6-11H,5,12-13H2. The number of hydrogen-bond acceptors (Lipinski definition) is 4. The van der Waals surface area contributed by atoms with Crippen molar-refractivity contribution >= 4 is 40.5 Å². The minimum absolute atomic E-state index is 0.0489. The highest BCUT2D eigenvalue weighted by molar-refractivity contribution is 7.99. The van der Waals surface area contributed by atoms with Gasteiger partial charge in [0, 0.05) is 23.6 Å². The predicted octanol–water partition coefficient (Wildman–Crippen LogP) is 4.37. The monoisotopic (exact) mass is 336 g/mol. The van der Waals surface area contributed by atoms with E-state index in [9.17, 15) is 4.79 Å². The van der Waals surface area contributed by atoms with E-state index in [0.717, 1.165) is 40.4 Å². The van der Waals surface area contributed by atoms with Crippen LogP contribution in [0.5, 0.6) is 0 Å². The molecule has 1 aliphatic rings. The first kappa shape index (κ1) is 15.0. The first-order valence-corrected chi connectivity index (χ1v) is 8.87. The molecule has 4 rings (SSSR count). The number of carbonyl (C=O) groups excluding carboxylic acids is 1. The first-order valence-electron chi connectivity index (χ1n) is 7.88. The van der Waals surface area contributed by atoms with Crippen LogP contribution in [-0.4, -0.2) is 23.2 Å². The van der Waals surface area contributed by atoms with Crippen molar-refractivity contribution in [3.8, 4) is 0 Å². The highest BCUT2D eigenvalue weighted by Crippen LogP contribution is 2.33. The van der Waals surface area contributed by atoms with Crippen molar-refractivity contribution in [3.05, 3.63) is 60.5 Å². The van der Waals surface area contributed by atoms with E-state index in [1.807, 2.05) is 47.4 Å². The van der Waals surface area contributed by atoms with E-state index >= 15 is 0 Å². The van der Waals surface area contributed by atoms with E-state index < -0.39 is 0 Å². The number of hydrogen-bond donors (Lipinski definition) is 0. The average Bonchev–Trinajstić information content (AvgIpc) is 2.91. The summed E-state index contributed by atoms with van der Waals surface area (Å²) in [5, 5.41) is 0. The molecule has 0 unspecified atom stereocenters. The molecule has 24 heavy (non-hydrogen) atoms. The third-order valence-corrected chi connectivity index (χ3v) is 5.03. The van der Waals surface area contributed by atoms with Crippen LogP contribution in [-0.2, 0) is 4.79 Å². The van der Waals surface area contributed by atoms with Crippen LogP contribution in [0.4, 0.5) is 5.69 Å². The molecular formula is C19H16N2O2S. The molecule has 0 fully saturated rings. The van der Waals surface area contributed by atoms with Gasteiger partial charge in [-0.05, 0) is 36.4 Å². The predicted molar refractivity (Wildman–Crippen MR) is 97.2 cm³/mol. The van der Waals surface area contributed by atoms with E-state index in [4.69, 9.17) is 4.42 Å². The van der Waals surface area contributed by atoms with Crippen LogP contribution >= 0.6 is 11.8 Å². The summed E-state index contributed by atoms with van der Waals surface area (Å²) in [5.41, 5.74) is 2.49. The fourth-order valence-electron chi connectivity index (χ4n) is 2.75. The smallest absolute Gasteiger partial charge is 0.251 e. The van der Waals surface area contributed by atoms with Crippen molar-refractivity contribution < 1.29 is 9.21 Å². The van der Waals surface area contributed by atoms with Gasteiger partial charge in [0.05, 0.1) is 5.69 Å². The van der Waals surface area contributed by atoms with E-state index in [-0.39, 0.29) is 5.91 Å². The van der Waals surface area contributed by atoms with Crippen LogP contribution in [0.15, 0.2) is 63.9 Å². The number of carbonyl (C=O) groups is 1. The lowest BCUT2D eigenvalue weighted by Gasteiger charge is -2.20. The van der Waals surface area contributed by atoms with Crippen LogP contribution in [0, 0.1) is 0 Å². The Labute approximate surface area is 144 Å². The van der Waals surface area contributed by atoms with Gasteiger partial charge in [-0.3, -0.25) is 4.79 Å². The number of para-hydroxylation sites is 3. The fourth-order valence-corrected chi connectivity index (χ4v) is 3.74. The highest BCUT2D eigenvalue weighted by Gasteiger charge is 2.19. The summed E-state index contributed by atoms with van der Waals surface area (Å²) in [6, 6.07) is 15.6. The zero-order valence-corrected chi connectivity index (χ0v) is 13.8. The SMILES string of the molecule is O=C(C=Cc1nc2ccccc2o1)N1CCCSc2ccccc21. The summed E-state index contributed by atoms with van der Waals surface area (Å²) in [7, 11) is 0. The van der Waals surface area contributed by atoms with E-state index in [0.29, 0.717) is 5.89 Å². The third kappa shape index (κ3) is 2.95. The van der Waals surface area contributed by atoms with Gasteiger partial charge in [0.2, 0.25) is 5.89 Å². The summed E-state index contributed by atoms with van der Waals surface area (Å²) in [5.74, 6) is 1.42. The molecule has 120 valence electrons. The van der Waals surface area contributed by atoms with Gasteiger partial charge < -0.3 is 9.32 Å². The second kappa shape index (κ2) is 6.53. The summed E-state index contributed by atoms with van der Waals surface area (Å²) < 4.78 is 5.63. The Kier molecular flexibility index (Phi) is 4.09. The molecular weight excluding hydrogens is 320 g/mol. The Morgan fingerprint density at radius 1 is 1.17 bits per heavy atom. The van der Waals surface area contributed by atoms with Crippen LogP contribution in [0.25, 0.3) is 17.2 Å². The highest BCUT2D eigenvalue weighted by atomic mass is 32.2. The number of aromatic nitrogens is 1. The summed E-state index contributed by atoms with van der Waals surface area (Å²) in [4.78, 5) is 20.0. The molecule has 0 N–H and O–H groups in total. The van der Waals surface area contributed by atoms with Gasteiger partial charge in [-0.15, -0.1) is 11.8 Å². The molecule has 0 saturated heterocycles. The van der Waals surface area contributed by atoms with Crippen molar-refractivity contribution in [2.45, 2.75) is 11.3 Å². The molecule has 0 atom stereocenters.